The number of aliphatic hydroxyl groups is 1. The van der Waals surface area contributed by atoms with E-state index in [1.165, 1.54) is 0 Å². The number of fused-ring (bicyclic) bond motifs is 1. The molecule has 5 nitrogen and oxygen atoms in total. The number of nitrogens with zero attached hydrogens (tertiary/aromatic N) is 3. The van der Waals surface area contributed by atoms with Crippen LogP contribution in [0.2, 0.25) is 0 Å². The number of hydrogen-bond donors (Lipinski definition) is 1. The van der Waals surface area contributed by atoms with Crippen LogP contribution in [-0.2, 0) is 4.79 Å². The van der Waals surface area contributed by atoms with Crippen molar-refractivity contribution < 1.29 is 9.90 Å². The van der Waals surface area contributed by atoms with Gasteiger partial charge in [0.2, 0.25) is 5.91 Å². The van der Waals surface area contributed by atoms with Crippen LogP contribution in [0.5, 0.6) is 0 Å². The molecule has 96 valence electrons. The first-order chi connectivity index (χ1) is 8.81. The Morgan fingerprint density at radius 3 is 3.06 bits per heavy atom. The van der Waals surface area contributed by atoms with Crippen LogP contribution in [0.1, 0.15) is 12.8 Å². The minimum absolute atomic E-state index is 0.157. The lowest BCUT2D eigenvalue weighted by molar-refractivity contribution is -0.117. The van der Waals surface area contributed by atoms with Gasteiger partial charge < -0.3 is 10.0 Å². The Kier molecular flexibility index (Phi) is 3.01. The minimum Gasteiger partial charge on any atom is -0.395 e. The zero-order valence-electron chi connectivity index (χ0n) is 10.2. The van der Waals surface area contributed by atoms with E-state index < -0.39 is 0 Å². The summed E-state index contributed by atoms with van der Waals surface area (Å²) in [5, 5.41) is 9.05. The maximum atomic E-state index is 12.1. The van der Waals surface area contributed by atoms with Gasteiger partial charge in [-0.3, -0.25) is 14.7 Å². The molecule has 2 aliphatic rings. The molecule has 0 saturated carbocycles. The number of aromatic nitrogens is 1. The number of likely N-dealkylation sites (tertiary alicyclic amines) is 1. The van der Waals surface area contributed by atoms with Crippen molar-refractivity contribution in [1.82, 2.24) is 9.88 Å². The predicted octanol–water partition coefficient (Wildman–Crippen LogP) is 0.253. The Morgan fingerprint density at radius 2 is 2.33 bits per heavy atom. The molecule has 1 aromatic rings. The Bertz CT molecular complexity index is 437. The molecule has 0 unspecified atom stereocenters. The van der Waals surface area contributed by atoms with E-state index in [0.29, 0.717) is 13.0 Å². The number of carbonyl (C=O) groups excluding carboxylic acids is 1. The standard InChI is InChI=1S/C13H17N3O2/c17-7-6-15-5-3-11-12(15)8-13(18)16(11)10-2-1-4-14-9-10/h1-2,4,9,11-12,17H,3,5-8H2/t11-,12-/m0/s1. The summed E-state index contributed by atoms with van der Waals surface area (Å²) < 4.78 is 0. The monoisotopic (exact) mass is 247 g/mol. The molecule has 3 heterocycles. The molecule has 0 aromatic carbocycles. The summed E-state index contributed by atoms with van der Waals surface area (Å²) >= 11 is 0. The third kappa shape index (κ3) is 1.79. The average molecular weight is 247 g/mol. The molecule has 0 spiro atoms. The Balaban J connectivity index is 1.84. The third-order valence-corrected chi connectivity index (χ3v) is 3.92. The van der Waals surface area contributed by atoms with Gasteiger partial charge in [0.1, 0.15) is 0 Å². The highest BCUT2D eigenvalue weighted by molar-refractivity contribution is 5.97. The number of carbonyl (C=O) groups is 1. The lowest BCUT2D eigenvalue weighted by Crippen LogP contribution is -2.38. The van der Waals surface area contributed by atoms with Gasteiger partial charge in [0, 0.05) is 31.7 Å². The SMILES string of the molecule is O=C1C[C@H]2[C@H](CCN2CCO)N1c1cccnc1. The fourth-order valence-electron chi connectivity index (χ4n) is 3.17. The van der Waals surface area contributed by atoms with Gasteiger partial charge in [-0.15, -0.1) is 0 Å². The van der Waals surface area contributed by atoms with Gasteiger partial charge in [0.05, 0.1) is 24.5 Å². The van der Waals surface area contributed by atoms with Gasteiger partial charge in [-0.2, -0.15) is 0 Å². The average Bonchev–Trinajstić information content (AvgIpc) is 2.90. The Labute approximate surface area is 106 Å². The first-order valence-corrected chi connectivity index (χ1v) is 6.38. The molecular formula is C13H17N3O2. The summed E-state index contributed by atoms with van der Waals surface area (Å²) in [6.07, 6.45) is 4.99. The van der Waals surface area contributed by atoms with E-state index in [2.05, 4.69) is 9.88 Å². The fraction of sp³-hybridized carbons (Fsp3) is 0.538. The highest BCUT2D eigenvalue weighted by Crippen LogP contribution is 2.35. The number of pyridine rings is 1. The molecule has 5 heteroatoms. The van der Waals surface area contributed by atoms with Crippen molar-refractivity contribution >= 4 is 11.6 Å². The van der Waals surface area contributed by atoms with Crippen molar-refractivity contribution in [1.29, 1.82) is 0 Å². The summed E-state index contributed by atoms with van der Waals surface area (Å²) in [5.41, 5.74) is 0.890. The van der Waals surface area contributed by atoms with E-state index in [1.54, 1.807) is 12.4 Å². The first-order valence-electron chi connectivity index (χ1n) is 6.38. The third-order valence-electron chi connectivity index (χ3n) is 3.92. The lowest BCUT2D eigenvalue weighted by Gasteiger charge is -2.24. The fourth-order valence-corrected chi connectivity index (χ4v) is 3.17. The van der Waals surface area contributed by atoms with Gasteiger partial charge >= 0.3 is 0 Å². The number of anilines is 1. The first kappa shape index (κ1) is 11.6. The van der Waals surface area contributed by atoms with Crippen LogP contribution >= 0.6 is 0 Å². The number of aliphatic hydroxyl groups excluding tert-OH is 1. The zero-order valence-corrected chi connectivity index (χ0v) is 10.2. The molecule has 0 bridgehead atoms. The molecule has 2 fully saturated rings. The van der Waals surface area contributed by atoms with Crippen LogP contribution in [0.25, 0.3) is 0 Å². The second-order valence-electron chi connectivity index (χ2n) is 4.86. The quantitative estimate of drug-likeness (QED) is 0.832. The van der Waals surface area contributed by atoms with Crippen molar-refractivity contribution in [3.63, 3.8) is 0 Å². The molecule has 1 N–H and O–H groups in total. The molecular weight excluding hydrogens is 230 g/mol. The summed E-state index contributed by atoms with van der Waals surface area (Å²) in [4.78, 5) is 20.3. The van der Waals surface area contributed by atoms with Crippen LogP contribution in [0.15, 0.2) is 24.5 Å². The van der Waals surface area contributed by atoms with E-state index in [9.17, 15) is 4.79 Å². The normalized spacial score (nSPS) is 27.8. The molecule has 1 amide bonds. The maximum Gasteiger partial charge on any atom is 0.229 e. The molecule has 3 rings (SSSR count). The molecule has 1 aromatic heterocycles. The summed E-state index contributed by atoms with van der Waals surface area (Å²) in [6, 6.07) is 4.29. The van der Waals surface area contributed by atoms with Gasteiger partial charge in [-0.1, -0.05) is 0 Å². The highest BCUT2D eigenvalue weighted by atomic mass is 16.3. The zero-order chi connectivity index (χ0) is 12.5. The number of amides is 1. The number of hydrogen-bond acceptors (Lipinski definition) is 4. The highest BCUT2D eigenvalue weighted by Gasteiger charge is 2.46. The largest absolute Gasteiger partial charge is 0.395 e. The lowest BCUT2D eigenvalue weighted by atomic mass is 10.1. The summed E-state index contributed by atoms with van der Waals surface area (Å²) in [5.74, 6) is 0.167. The van der Waals surface area contributed by atoms with E-state index in [4.69, 9.17) is 5.11 Å². The molecule has 2 aliphatic heterocycles. The van der Waals surface area contributed by atoms with Crippen LogP contribution in [0.3, 0.4) is 0 Å². The van der Waals surface area contributed by atoms with E-state index >= 15 is 0 Å². The number of rotatable bonds is 3. The van der Waals surface area contributed by atoms with Gasteiger partial charge in [0.25, 0.3) is 0 Å². The molecule has 2 saturated heterocycles. The van der Waals surface area contributed by atoms with Gasteiger partial charge in [-0.25, -0.2) is 0 Å². The van der Waals surface area contributed by atoms with Crippen LogP contribution < -0.4 is 4.90 Å². The summed E-state index contributed by atoms with van der Waals surface area (Å²) in [6.45, 7) is 1.78. The maximum absolute atomic E-state index is 12.1. The Hall–Kier alpha value is -1.46. The second-order valence-corrected chi connectivity index (χ2v) is 4.86. The van der Waals surface area contributed by atoms with Crippen LogP contribution in [-0.4, -0.2) is 52.7 Å². The predicted molar refractivity (Wildman–Crippen MR) is 67.2 cm³/mol. The van der Waals surface area contributed by atoms with Crippen molar-refractivity contribution in [2.45, 2.75) is 24.9 Å². The van der Waals surface area contributed by atoms with Gasteiger partial charge in [0.15, 0.2) is 0 Å². The summed E-state index contributed by atoms with van der Waals surface area (Å²) in [7, 11) is 0. The van der Waals surface area contributed by atoms with Crippen molar-refractivity contribution in [3.8, 4) is 0 Å². The molecule has 0 aliphatic carbocycles. The number of β-amino-alcohol motifs (C(OH)–C–C–N with tert-alkyl or cyclic N) is 1. The Morgan fingerprint density at radius 1 is 1.44 bits per heavy atom. The second kappa shape index (κ2) is 4.66. The van der Waals surface area contributed by atoms with Crippen LogP contribution in [0, 0.1) is 0 Å². The topological polar surface area (TPSA) is 56.7 Å². The minimum atomic E-state index is 0.157. The molecule has 18 heavy (non-hydrogen) atoms. The van der Waals surface area contributed by atoms with E-state index in [0.717, 1.165) is 18.7 Å². The molecule has 2 atom stereocenters. The molecule has 0 radical (unpaired) electrons. The van der Waals surface area contributed by atoms with Crippen molar-refractivity contribution in [2.24, 2.45) is 0 Å². The van der Waals surface area contributed by atoms with Crippen LogP contribution in [0.4, 0.5) is 5.69 Å². The van der Waals surface area contributed by atoms with Crippen molar-refractivity contribution in [3.05, 3.63) is 24.5 Å². The van der Waals surface area contributed by atoms with Gasteiger partial charge in [-0.05, 0) is 18.6 Å². The van der Waals surface area contributed by atoms with Crippen molar-refractivity contribution in [2.75, 3.05) is 24.6 Å². The smallest absolute Gasteiger partial charge is 0.229 e. The van der Waals surface area contributed by atoms with E-state index in [1.807, 2.05) is 17.0 Å². The van der Waals surface area contributed by atoms with E-state index in [-0.39, 0.29) is 24.6 Å².